The fourth-order valence-electron chi connectivity index (χ4n) is 1.94. The van der Waals surface area contributed by atoms with Crippen LogP contribution in [0.1, 0.15) is 33.1 Å². The van der Waals surface area contributed by atoms with Crippen LogP contribution in [0.15, 0.2) is 0 Å². The highest BCUT2D eigenvalue weighted by atomic mass is 32.2. The fraction of sp³-hybridized carbons (Fsp3) is 1.00. The summed E-state index contributed by atoms with van der Waals surface area (Å²) >= 11 is 0. The van der Waals surface area contributed by atoms with Gasteiger partial charge in [-0.15, -0.1) is 0 Å². The number of piperidine rings is 1. The van der Waals surface area contributed by atoms with Gasteiger partial charge in [0.05, 0.1) is 5.75 Å². The first-order chi connectivity index (χ1) is 6.93. The van der Waals surface area contributed by atoms with Crippen LogP contribution in [0.4, 0.5) is 0 Å². The summed E-state index contributed by atoms with van der Waals surface area (Å²) < 4.78 is 25.1. The highest BCUT2D eigenvalue weighted by Gasteiger charge is 2.32. The molecule has 0 aromatic heterocycles. The van der Waals surface area contributed by atoms with E-state index in [4.69, 9.17) is 5.73 Å². The number of nitrogens with zero attached hydrogens (tertiary/aromatic N) is 1. The zero-order valence-electron chi connectivity index (χ0n) is 9.70. The smallest absolute Gasteiger partial charge is 0.215 e. The summed E-state index contributed by atoms with van der Waals surface area (Å²) in [7, 11) is -3.08. The Kier molecular flexibility index (Phi) is 4.14. The summed E-state index contributed by atoms with van der Waals surface area (Å²) in [6.45, 7) is 5.94. The van der Waals surface area contributed by atoms with Crippen molar-refractivity contribution in [3.63, 3.8) is 0 Å². The van der Waals surface area contributed by atoms with Crippen molar-refractivity contribution in [1.82, 2.24) is 4.31 Å². The molecule has 0 unspecified atom stereocenters. The molecule has 0 spiro atoms. The van der Waals surface area contributed by atoms with Crippen LogP contribution < -0.4 is 5.73 Å². The molecule has 1 aliphatic rings. The molecule has 1 fully saturated rings. The lowest BCUT2D eigenvalue weighted by Gasteiger charge is -2.38. The topological polar surface area (TPSA) is 63.4 Å². The Morgan fingerprint density at radius 1 is 1.33 bits per heavy atom. The number of sulfonamides is 1. The molecule has 15 heavy (non-hydrogen) atoms. The largest absolute Gasteiger partial charge is 0.329 e. The second-order valence-electron chi connectivity index (χ2n) is 4.67. The van der Waals surface area contributed by atoms with E-state index in [1.807, 2.05) is 0 Å². The van der Waals surface area contributed by atoms with Crippen LogP contribution in [0.3, 0.4) is 0 Å². The zero-order chi connectivity index (χ0) is 11.5. The third kappa shape index (κ3) is 3.16. The van der Waals surface area contributed by atoms with Crippen LogP contribution in [-0.4, -0.2) is 38.1 Å². The van der Waals surface area contributed by atoms with Crippen molar-refractivity contribution in [2.24, 2.45) is 11.1 Å². The summed E-state index contributed by atoms with van der Waals surface area (Å²) in [5.41, 5.74) is 5.62. The minimum Gasteiger partial charge on any atom is -0.329 e. The average molecular weight is 234 g/mol. The Bertz CT molecular complexity index is 293. The van der Waals surface area contributed by atoms with Gasteiger partial charge in [0.2, 0.25) is 10.0 Å². The Hall–Kier alpha value is -0.130. The molecule has 0 amide bonds. The molecule has 1 heterocycles. The van der Waals surface area contributed by atoms with Crippen LogP contribution in [0.5, 0.6) is 0 Å². The van der Waals surface area contributed by atoms with E-state index in [-0.39, 0.29) is 12.3 Å². The number of hydrogen-bond acceptors (Lipinski definition) is 3. The van der Waals surface area contributed by atoms with Crippen LogP contribution in [0.2, 0.25) is 0 Å². The lowest BCUT2D eigenvalue weighted by atomic mass is 9.79. The normalized spacial score (nSPS) is 22.9. The van der Waals surface area contributed by atoms with Crippen LogP contribution in [-0.2, 0) is 10.0 Å². The van der Waals surface area contributed by atoms with E-state index in [9.17, 15) is 8.42 Å². The van der Waals surface area contributed by atoms with Gasteiger partial charge in [0.1, 0.15) is 0 Å². The average Bonchev–Trinajstić information content (AvgIpc) is 2.18. The summed E-state index contributed by atoms with van der Waals surface area (Å²) in [4.78, 5) is 0. The highest BCUT2D eigenvalue weighted by molar-refractivity contribution is 7.89. The molecular weight excluding hydrogens is 212 g/mol. The molecule has 0 aromatic carbocycles. The summed E-state index contributed by atoms with van der Waals surface area (Å²) in [6.07, 6.45) is 3.05. The van der Waals surface area contributed by atoms with Gasteiger partial charge in [-0.3, -0.25) is 0 Å². The van der Waals surface area contributed by atoms with Crippen molar-refractivity contribution in [3.05, 3.63) is 0 Å². The molecule has 0 saturated carbocycles. The molecule has 4 nitrogen and oxygen atoms in total. The molecule has 1 rings (SSSR count). The quantitative estimate of drug-likeness (QED) is 0.782. The minimum atomic E-state index is -3.08. The van der Waals surface area contributed by atoms with E-state index in [1.165, 1.54) is 0 Å². The van der Waals surface area contributed by atoms with Gasteiger partial charge in [-0.1, -0.05) is 20.3 Å². The Labute approximate surface area is 92.9 Å². The first-order valence-corrected chi connectivity index (χ1v) is 7.22. The van der Waals surface area contributed by atoms with Gasteiger partial charge in [0.25, 0.3) is 0 Å². The molecule has 0 atom stereocenters. The Balaban J connectivity index is 2.58. The van der Waals surface area contributed by atoms with Crippen molar-refractivity contribution in [1.29, 1.82) is 0 Å². The molecule has 5 heteroatoms. The van der Waals surface area contributed by atoms with Gasteiger partial charge in [-0.25, -0.2) is 12.7 Å². The van der Waals surface area contributed by atoms with Gasteiger partial charge < -0.3 is 5.73 Å². The van der Waals surface area contributed by atoms with Crippen molar-refractivity contribution in [2.75, 3.05) is 25.4 Å². The van der Waals surface area contributed by atoms with Crippen LogP contribution in [0.25, 0.3) is 0 Å². The van der Waals surface area contributed by atoms with E-state index in [2.05, 4.69) is 13.8 Å². The molecule has 2 N–H and O–H groups in total. The van der Waals surface area contributed by atoms with E-state index < -0.39 is 10.0 Å². The first kappa shape index (κ1) is 12.9. The molecular formula is C10H22N2O2S. The third-order valence-corrected chi connectivity index (χ3v) is 5.46. The predicted octanol–water partition coefficient (Wildman–Crippen LogP) is 0.787. The molecule has 0 bridgehead atoms. The Morgan fingerprint density at radius 3 is 2.27 bits per heavy atom. The van der Waals surface area contributed by atoms with Crippen LogP contribution >= 0.6 is 0 Å². The Morgan fingerprint density at radius 2 is 1.87 bits per heavy atom. The minimum absolute atomic E-state index is 0.0792. The lowest BCUT2D eigenvalue weighted by Crippen LogP contribution is -2.43. The second kappa shape index (κ2) is 4.80. The summed E-state index contributed by atoms with van der Waals surface area (Å²) in [5.74, 6) is 0.0792. The second-order valence-corrected chi connectivity index (χ2v) is 6.76. The van der Waals surface area contributed by atoms with Crippen molar-refractivity contribution in [2.45, 2.75) is 33.1 Å². The molecule has 0 radical (unpaired) electrons. The monoisotopic (exact) mass is 234 g/mol. The van der Waals surface area contributed by atoms with Gasteiger partial charge >= 0.3 is 0 Å². The maximum Gasteiger partial charge on any atom is 0.215 e. The standard InChI is InChI=1S/C10H22N2O2S/c1-3-10(2)4-7-12(8-5-10)15(13,14)9-6-11/h3-9,11H2,1-2H3. The first-order valence-electron chi connectivity index (χ1n) is 5.61. The number of hydrogen-bond donors (Lipinski definition) is 1. The summed E-state index contributed by atoms with van der Waals surface area (Å²) in [5, 5.41) is 0. The number of nitrogens with two attached hydrogens (primary N) is 1. The maximum absolute atomic E-state index is 11.7. The van der Waals surface area contributed by atoms with E-state index in [1.54, 1.807) is 4.31 Å². The number of rotatable bonds is 4. The molecule has 90 valence electrons. The van der Waals surface area contributed by atoms with Crippen LogP contribution in [0, 0.1) is 5.41 Å². The van der Waals surface area contributed by atoms with E-state index >= 15 is 0 Å². The lowest BCUT2D eigenvalue weighted by molar-refractivity contribution is 0.169. The van der Waals surface area contributed by atoms with Gasteiger partial charge in [0, 0.05) is 19.6 Å². The van der Waals surface area contributed by atoms with Crippen molar-refractivity contribution in [3.8, 4) is 0 Å². The zero-order valence-corrected chi connectivity index (χ0v) is 10.5. The molecule has 1 aliphatic heterocycles. The molecule has 0 aromatic rings. The fourth-order valence-corrected chi connectivity index (χ4v) is 3.23. The van der Waals surface area contributed by atoms with E-state index in [0.717, 1.165) is 19.3 Å². The van der Waals surface area contributed by atoms with Crippen molar-refractivity contribution >= 4 is 10.0 Å². The van der Waals surface area contributed by atoms with Crippen molar-refractivity contribution < 1.29 is 8.42 Å². The molecule has 1 saturated heterocycles. The SMILES string of the molecule is CCC1(C)CCN(S(=O)(=O)CCN)CC1. The van der Waals surface area contributed by atoms with Gasteiger partial charge in [-0.2, -0.15) is 0 Å². The molecule has 0 aliphatic carbocycles. The maximum atomic E-state index is 11.7. The van der Waals surface area contributed by atoms with Gasteiger partial charge in [0.15, 0.2) is 0 Å². The van der Waals surface area contributed by atoms with Gasteiger partial charge in [-0.05, 0) is 18.3 Å². The third-order valence-electron chi connectivity index (χ3n) is 3.55. The predicted molar refractivity (Wildman–Crippen MR) is 62.0 cm³/mol. The van der Waals surface area contributed by atoms with E-state index in [0.29, 0.717) is 18.5 Å². The summed E-state index contributed by atoms with van der Waals surface area (Å²) in [6, 6.07) is 0. The highest BCUT2D eigenvalue weighted by Crippen LogP contribution is 2.34.